The number of Topliss-reactive ketones (excluding diaryl/α,β-unsaturated/α-hetero) is 1. The highest BCUT2D eigenvalue weighted by Crippen LogP contribution is 2.81. The van der Waals surface area contributed by atoms with Crippen molar-refractivity contribution in [2.45, 2.75) is 84.4 Å². The Morgan fingerprint density at radius 3 is 2.47 bits per heavy atom. The zero-order valence-corrected chi connectivity index (χ0v) is 21.9. The van der Waals surface area contributed by atoms with Gasteiger partial charge in [0, 0.05) is 18.1 Å². The van der Waals surface area contributed by atoms with Crippen LogP contribution in [-0.2, 0) is 14.3 Å². The second-order valence-electron chi connectivity index (χ2n) is 11.8. The fourth-order valence-corrected chi connectivity index (χ4v) is 7.47. The molecule has 3 aliphatic carbocycles. The molecule has 0 aromatic rings. The van der Waals surface area contributed by atoms with Crippen LogP contribution < -0.4 is 0 Å². The smallest absolute Gasteiger partial charge is 0.334 e. The van der Waals surface area contributed by atoms with Crippen LogP contribution in [0.2, 0.25) is 5.31 Å². The number of allylic oxidation sites excluding steroid dienone is 2. The zero-order chi connectivity index (χ0) is 26.0. The number of ketones is 1. The van der Waals surface area contributed by atoms with E-state index in [0.29, 0.717) is 29.1 Å². The van der Waals surface area contributed by atoms with E-state index in [2.05, 4.69) is 28.3 Å². The van der Waals surface area contributed by atoms with E-state index in [0.717, 1.165) is 0 Å². The van der Waals surface area contributed by atoms with Gasteiger partial charge in [-0.05, 0) is 67.8 Å². The summed E-state index contributed by atoms with van der Waals surface area (Å²) in [6.07, 6.45) is 1.20. The molecule has 3 N–H and O–H groups in total. The molecule has 0 aromatic carbocycles. The summed E-state index contributed by atoms with van der Waals surface area (Å²) in [6.45, 7) is 16.7. The average molecular weight is 472 g/mol. The minimum atomic E-state index is -2.10. The summed E-state index contributed by atoms with van der Waals surface area (Å²) in [5.74, 6) is -1.16. The molecule has 34 heavy (non-hydrogen) atoms. The molecule has 2 fully saturated rings. The zero-order valence-electron chi connectivity index (χ0n) is 21.9. The fraction of sp³-hybridized carbons (Fsp3) is 0.704. The van der Waals surface area contributed by atoms with E-state index in [4.69, 9.17) is 4.74 Å². The Bertz CT molecular complexity index is 966. The van der Waals surface area contributed by atoms with Crippen molar-refractivity contribution in [3.63, 3.8) is 0 Å². The number of esters is 1. The van der Waals surface area contributed by atoms with Crippen molar-refractivity contribution in [1.82, 2.24) is 0 Å². The minimum absolute atomic E-state index is 0.00649. The lowest BCUT2D eigenvalue weighted by Crippen LogP contribution is -2.66. The molecule has 0 heterocycles. The largest absolute Gasteiger partial charge is 0.451 e. The van der Waals surface area contributed by atoms with E-state index in [1.165, 1.54) is 0 Å². The van der Waals surface area contributed by atoms with Crippen molar-refractivity contribution in [3.05, 3.63) is 35.5 Å². The molecule has 188 valence electrons. The molecule has 1 spiro atoms. The molecular weight excluding hydrogens is 431 g/mol. The van der Waals surface area contributed by atoms with Gasteiger partial charge in [0.1, 0.15) is 19.2 Å². The molecular formula is C27H41BO6. The second-order valence-corrected chi connectivity index (χ2v) is 11.8. The highest BCUT2D eigenvalue weighted by atomic mass is 16.6. The van der Waals surface area contributed by atoms with E-state index in [1.807, 2.05) is 13.8 Å². The first-order chi connectivity index (χ1) is 15.5. The average Bonchev–Trinajstić information content (AvgIpc) is 3.07. The molecule has 3 rings (SSSR count). The van der Waals surface area contributed by atoms with Crippen LogP contribution in [0.4, 0.5) is 0 Å². The van der Waals surface area contributed by atoms with Gasteiger partial charge in [0.15, 0.2) is 6.10 Å². The summed E-state index contributed by atoms with van der Waals surface area (Å²) >= 11 is 0. The van der Waals surface area contributed by atoms with Gasteiger partial charge in [-0.1, -0.05) is 45.9 Å². The van der Waals surface area contributed by atoms with Crippen LogP contribution >= 0.6 is 0 Å². The number of aliphatic hydroxyl groups excluding tert-OH is 2. The summed E-state index contributed by atoms with van der Waals surface area (Å²) in [5.41, 5.74) is -2.02. The molecule has 0 aliphatic heterocycles. The van der Waals surface area contributed by atoms with Gasteiger partial charge in [0.05, 0.1) is 11.5 Å². The third-order valence-corrected chi connectivity index (χ3v) is 9.82. The number of hydrogen-bond acceptors (Lipinski definition) is 6. The van der Waals surface area contributed by atoms with E-state index in [1.54, 1.807) is 32.9 Å². The van der Waals surface area contributed by atoms with Crippen molar-refractivity contribution < 1.29 is 29.6 Å². The third-order valence-electron chi connectivity index (χ3n) is 9.82. The maximum absolute atomic E-state index is 14.3. The van der Waals surface area contributed by atoms with E-state index >= 15 is 0 Å². The van der Waals surface area contributed by atoms with Crippen LogP contribution in [0.5, 0.6) is 0 Å². The Morgan fingerprint density at radius 1 is 1.35 bits per heavy atom. The van der Waals surface area contributed by atoms with E-state index in [9.17, 15) is 24.9 Å². The number of ether oxygens (including phenoxy) is 1. The van der Waals surface area contributed by atoms with Crippen molar-refractivity contribution >= 4 is 19.6 Å². The number of rotatable bonds is 6. The fourth-order valence-electron chi connectivity index (χ4n) is 7.47. The van der Waals surface area contributed by atoms with Crippen LogP contribution in [0.1, 0.15) is 61.3 Å². The van der Waals surface area contributed by atoms with Gasteiger partial charge in [0.2, 0.25) is 0 Å². The summed E-state index contributed by atoms with van der Waals surface area (Å²) < 4.78 is 5.81. The molecule has 3 aliphatic rings. The predicted octanol–water partition coefficient (Wildman–Crippen LogP) is 2.53. The second kappa shape index (κ2) is 8.46. The quantitative estimate of drug-likeness (QED) is 0.181. The number of carbonyl (C=O) groups is 2. The Labute approximate surface area is 204 Å². The summed E-state index contributed by atoms with van der Waals surface area (Å²) in [6, 6.07) is 0. The van der Waals surface area contributed by atoms with Crippen molar-refractivity contribution in [2.75, 3.05) is 6.61 Å². The summed E-state index contributed by atoms with van der Waals surface area (Å²) in [5, 5.41) is 33.0. The molecule has 6 nitrogen and oxygen atoms in total. The molecule has 0 radical (unpaired) electrons. The van der Waals surface area contributed by atoms with Gasteiger partial charge in [0.25, 0.3) is 0 Å². The Kier molecular flexibility index (Phi) is 6.69. The summed E-state index contributed by atoms with van der Waals surface area (Å²) in [4.78, 5) is 27.3. The normalized spacial score (nSPS) is 42.0. The number of hydrogen-bond donors (Lipinski definition) is 3. The maximum Gasteiger partial charge on any atom is 0.334 e. The van der Waals surface area contributed by atoms with Gasteiger partial charge < -0.3 is 20.1 Å². The van der Waals surface area contributed by atoms with E-state index in [-0.39, 0.29) is 41.4 Å². The molecule has 8 atom stereocenters. The number of carbonyl (C=O) groups excluding carboxylic acids is 2. The van der Waals surface area contributed by atoms with Crippen molar-refractivity contribution in [3.8, 4) is 0 Å². The number of aliphatic hydroxyl groups is 3. The monoisotopic (exact) mass is 472 g/mol. The SMILES string of the molecule is B[C@]12C(C)C(=O)C3(C=C(C)C(OC(=O)/C(C)=C/C(=C)C)C3(O)C(O)CCO)[C@H](C)C[C@H]1C2(C)C. The lowest BCUT2D eigenvalue weighted by molar-refractivity contribution is -0.211. The minimum Gasteiger partial charge on any atom is -0.451 e. The first-order valence-electron chi connectivity index (χ1n) is 12.3. The molecule has 2 saturated carbocycles. The Hall–Kier alpha value is -1.70. The topological polar surface area (TPSA) is 104 Å². The molecule has 5 unspecified atom stereocenters. The van der Waals surface area contributed by atoms with E-state index < -0.39 is 29.2 Å². The standard InChI is InChI=1S/C27H41BO6/c1-14(2)11-15(3)23(32)34-22-16(4)13-25(27(22,33)20(30)9-10-29)17(5)12-19-24(7,8)26(19,28)18(6)21(25)31/h11,13,17-20,22,29-30,33H,1,9-10,12,28H2,2-8H3/b15-11+/t17-,18?,19+,20?,22?,25?,26-,27?/m1/s1. The lowest BCUT2D eigenvalue weighted by atomic mass is 9.55. The van der Waals surface area contributed by atoms with Gasteiger partial charge in [-0.15, -0.1) is 0 Å². The van der Waals surface area contributed by atoms with Crippen LogP contribution in [-0.4, -0.2) is 59.3 Å². The Balaban J connectivity index is 2.14. The lowest BCUT2D eigenvalue weighted by Gasteiger charge is -2.50. The number of fused-ring (bicyclic) bond motifs is 1. The first-order valence-corrected chi connectivity index (χ1v) is 12.3. The highest BCUT2D eigenvalue weighted by Gasteiger charge is 2.78. The van der Waals surface area contributed by atoms with Crippen LogP contribution in [0.15, 0.2) is 35.5 Å². The van der Waals surface area contributed by atoms with Gasteiger partial charge in [-0.2, -0.15) is 0 Å². The molecule has 0 bridgehead atoms. The predicted molar refractivity (Wildman–Crippen MR) is 134 cm³/mol. The van der Waals surface area contributed by atoms with Gasteiger partial charge >= 0.3 is 5.97 Å². The molecule has 0 amide bonds. The first kappa shape index (κ1) is 26.9. The van der Waals surface area contributed by atoms with Crippen molar-refractivity contribution in [1.29, 1.82) is 0 Å². The third kappa shape index (κ3) is 3.34. The molecule has 0 saturated heterocycles. The summed E-state index contributed by atoms with van der Waals surface area (Å²) in [7, 11) is 2.14. The van der Waals surface area contributed by atoms with Crippen LogP contribution in [0.25, 0.3) is 0 Å². The Morgan fingerprint density at radius 2 is 1.94 bits per heavy atom. The van der Waals surface area contributed by atoms with Gasteiger partial charge in [-0.3, -0.25) is 4.79 Å². The molecule has 0 aromatic heterocycles. The maximum atomic E-state index is 14.3. The highest BCUT2D eigenvalue weighted by molar-refractivity contribution is 6.21. The van der Waals surface area contributed by atoms with Gasteiger partial charge in [-0.25, -0.2) is 4.79 Å². The van der Waals surface area contributed by atoms with Crippen LogP contribution in [0.3, 0.4) is 0 Å². The van der Waals surface area contributed by atoms with Crippen molar-refractivity contribution in [2.24, 2.45) is 28.6 Å². The van der Waals surface area contributed by atoms with Crippen LogP contribution in [0, 0.1) is 28.6 Å². The molecule has 7 heteroatoms.